The van der Waals surface area contributed by atoms with Gasteiger partial charge in [-0.3, -0.25) is 4.79 Å². The number of thioether (sulfide) groups is 1. The van der Waals surface area contributed by atoms with Gasteiger partial charge in [0.15, 0.2) is 0 Å². The molecule has 1 heterocycles. The zero-order valence-electron chi connectivity index (χ0n) is 10.3. The van der Waals surface area contributed by atoms with E-state index >= 15 is 0 Å². The molecule has 1 aliphatic rings. The Labute approximate surface area is 111 Å². The quantitative estimate of drug-likeness (QED) is 0.791. The monoisotopic (exact) mass is 267 g/mol. The number of carboxylic acids is 1. The van der Waals surface area contributed by atoms with E-state index in [4.69, 9.17) is 15.6 Å². The zero-order chi connectivity index (χ0) is 13.2. The highest BCUT2D eigenvalue weighted by atomic mass is 32.2. The number of nitrogens with two attached hydrogens (primary N) is 1. The van der Waals surface area contributed by atoms with Gasteiger partial charge in [0.05, 0.1) is 25.0 Å². The number of ether oxygens (including phenoxy) is 1. The van der Waals surface area contributed by atoms with Crippen molar-refractivity contribution in [1.29, 1.82) is 0 Å². The van der Waals surface area contributed by atoms with E-state index in [1.165, 1.54) is 4.90 Å². The predicted molar refractivity (Wildman–Crippen MR) is 70.9 cm³/mol. The van der Waals surface area contributed by atoms with Gasteiger partial charge in [0.2, 0.25) is 0 Å². The molecule has 3 N–H and O–H groups in total. The molecule has 0 aliphatic carbocycles. The predicted octanol–water partition coefficient (Wildman–Crippen LogP) is 1.48. The van der Waals surface area contributed by atoms with Gasteiger partial charge in [-0.25, -0.2) is 0 Å². The molecule has 18 heavy (non-hydrogen) atoms. The van der Waals surface area contributed by atoms with Crippen molar-refractivity contribution in [3.63, 3.8) is 0 Å². The summed E-state index contributed by atoms with van der Waals surface area (Å²) < 4.78 is 5.27. The molecule has 98 valence electrons. The van der Waals surface area contributed by atoms with E-state index < -0.39 is 12.0 Å². The average Bonchev–Trinajstić information content (AvgIpc) is 2.27. The summed E-state index contributed by atoms with van der Waals surface area (Å²) in [5.74, 6) is -0.866. The molecular weight excluding hydrogens is 250 g/mol. The summed E-state index contributed by atoms with van der Waals surface area (Å²) in [6.07, 6.45) is 1.99. The Morgan fingerprint density at radius 2 is 2.11 bits per heavy atom. The minimum Gasteiger partial charge on any atom is -0.481 e. The van der Waals surface area contributed by atoms with E-state index in [-0.39, 0.29) is 11.8 Å². The fourth-order valence-corrected chi connectivity index (χ4v) is 2.63. The number of carboxylic acid groups (broad SMARTS) is 1. The van der Waals surface area contributed by atoms with Crippen LogP contribution in [-0.4, -0.2) is 36.6 Å². The number of hydrogen-bond acceptors (Lipinski definition) is 4. The molecule has 1 saturated heterocycles. The SMILES string of the molecule is CSc1ccc(C2(C(N)CC(=O)O)COC2)cc1. The molecular formula is C13H17NO3S. The van der Waals surface area contributed by atoms with Gasteiger partial charge in [0.25, 0.3) is 0 Å². The highest BCUT2D eigenvalue weighted by Crippen LogP contribution is 2.36. The van der Waals surface area contributed by atoms with Gasteiger partial charge in [-0.15, -0.1) is 11.8 Å². The second-order valence-electron chi connectivity index (χ2n) is 4.58. The lowest BCUT2D eigenvalue weighted by Crippen LogP contribution is -2.59. The van der Waals surface area contributed by atoms with Crippen LogP contribution in [0.25, 0.3) is 0 Å². The molecule has 5 heteroatoms. The first-order valence-corrected chi connectivity index (χ1v) is 7.00. The van der Waals surface area contributed by atoms with Crippen molar-refractivity contribution >= 4 is 17.7 Å². The van der Waals surface area contributed by atoms with E-state index in [1.807, 2.05) is 30.5 Å². The Bertz CT molecular complexity index is 428. The number of rotatable bonds is 5. The van der Waals surface area contributed by atoms with Gasteiger partial charge in [0, 0.05) is 10.9 Å². The van der Waals surface area contributed by atoms with Crippen molar-refractivity contribution in [2.24, 2.45) is 5.73 Å². The Balaban J connectivity index is 2.22. The lowest BCUT2D eigenvalue weighted by molar-refractivity contribution is -0.140. The Hall–Kier alpha value is -1.04. The second kappa shape index (κ2) is 5.30. The van der Waals surface area contributed by atoms with Gasteiger partial charge in [-0.2, -0.15) is 0 Å². The smallest absolute Gasteiger partial charge is 0.304 e. The lowest BCUT2D eigenvalue weighted by Gasteiger charge is -2.45. The number of benzene rings is 1. The minimum atomic E-state index is -0.866. The third-order valence-electron chi connectivity index (χ3n) is 3.49. The molecule has 1 atom stereocenters. The van der Waals surface area contributed by atoms with Gasteiger partial charge < -0.3 is 15.6 Å². The van der Waals surface area contributed by atoms with Crippen molar-refractivity contribution in [2.75, 3.05) is 19.5 Å². The van der Waals surface area contributed by atoms with Gasteiger partial charge in [0.1, 0.15) is 0 Å². The average molecular weight is 267 g/mol. The molecule has 4 nitrogen and oxygen atoms in total. The summed E-state index contributed by atoms with van der Waals surface area (Å²) >= 11 is 1.68. The van der Waals surface area contributed by atoms with Gasteiger partial charge in [-0.1, -0.05) is 12.1 Å². The van der Waals surface area contributed by atoms with Crippen molar-refractivity contribution < 1.29 is 14.6 Å². The van der Waals surface area contributed by atoms with Crippen LogP contribution in [0, 0.1) is 0 Å². The molecule has 1 aliphatic heterocycles. The third-order valence-corrected chi connectivity index (χ3v) is 4.23. The number of carbonyl (C=O) groups is 1. The van der Waals surface area contributed by atoms with Crippen molar-refractivity contribution in [3.8, 4) is 0 Å². The van der Waals surface area contributed by atoms with E-state index in [9.17, 15) is 4.79 Å². The first kappa shape index (κ1) is 13.4. The summed E-state index contributed by atoms with van der Waals surface area (Å²) in [7, 11) is 0. The zero-order valence-corrected chi connectivity index (χ0v) is 11.1. The van der Waals surface area contributed by atoms with Crippen LogP contribution in [0.1, 0.15) is 12.0 Å². The van der Waals surface area contributed by atoms with Crippen LogP contribution in [0.2, 0.25) is 0 Å². The largest absolute Gasteiger partial charge is 0.481 e. The molecule has 1 aromatic rings. The molecule has 0 aromatic heterocycles. The maximum atomic E-state index is 10.8. The van der Waals surface area contributed by atoms with Crippen LogP contribution in [0.4, 0.5) is 0 Å². The molecule has 1 unspecified atom stereocenters. The summed E-state index contributed by atoms with van der Waals surface area (Å²) in [5.41, 5.74) is 6.78. The molecule has 0 saturated carbocycles. The van der Waals surface area contributed by atoms with E-state index in [1.54, 1.807) is 11.8 Å². The maximum Gasteiger partial charge on any atom is 0.304 e. The summed E-state index contributed by atoms with van der Waals surface area (Å²) in [6, 6.07) is 7.71. The molecule has 0 bridgehead atoms. The van der Waals surface area contributed by atoms with Crippen LogP contribution in [-0.2, 0) is 14.9 Å². The topological polar surface area (TPSA) is 72.6 Å². The Kier molecular flexibility index (Phi) is 3.94. The van der Waals surface area contributed by atoms with Gasteiger partial charge in [-0.05, 0) is 24.0 Å². The minimum absolute atomic E-state index is 0.0341. The fourth-order valence-electron chi connectivity index (χ4n) is 2.22. The van der Waals surface area contributed by atoms with Crippen LogP contribution in [0.3, 0.4) is 0 Å². The molecule has 1 fully saturated rings. The van der Waals surface area contributed by atoms with Crippen LogP contribution in [0.5, 0.6) is 0 Å². The maximum absolute atomic E-state index is 10.8. The molecule has 2 rings (SSSR count). The first-order chi connectivity index (χ1) is 8.58. The lowest BCUT2D eigenvalue weighted by atomic mass is 9.72. The highest BCUT2D eigenvalue weighted by Gasteiger charge is 2.46. The van der Waals surface area contributed by atoms with Crippen molar-refractivity contribution in [1.82, 2.24) is 0 Å². The molecule has 0 radical (unpaired) electrons. The second-order valence-corrected chi connectivity index (χ2v) is 5.46. The Morgan fingerprint density at radius 3 is 2.50 bits per heavy atom. The van der Waals surface area contributed by atoms with Crippen molar-refractivity contribution in [2.45, 2.75) is 22.8 Å². The molecule has 0 spiro atoms. The normalized spacial score (nSPS) is 19.0. The number of hydrogen-bond donors (Lipinski definition) is 2. The molecule has 1 aromatic carbocycles. The number of aliphatic carboxylic acids is 1. The Morgan fingerprint density at radius 1 is 1.50 bits per heavy atom. The summed E-state index contributed by atoms with van der Waals surface area (Å²) in [5, 5.41) is 8.87. The fraction of sp³-hybridized carbons (Fsp3) is 0.462. The molecule has 0 amide bonds. The first-order valence-electron chi connectivity index (χ1n) is 5.78. The van der Waals surface area contributed by atoms with Crippen LogP contribution >= 0.6 is 11.8 Å². The van der Waals surface area contributed by atoms with Gasteiger partial charge >= 0.3 is 5.97 Å². The van der Waals surface area contributed by atoms with Crippen molar-refractivity contribution in [3.05, 3.63) is 29.8 Å². The highest BCUT2D eigenvalue weighted by molar-refractivity contribution is 7.98. The van der Waals surface area contributed by atoms with Crippen LogP contribution < -0.4 is 5.73 Å². The van der Waals surface area contributed by atoms with E-state index in [0.717, 1.165) is 5.56 Å². The summed E-state index contributed by atoms with van der Waals surface area (Å²) in [6.45, 7) is 1.00. The van der Waals surface area contributed by atoms with E-state index in [0.29, 0.717) is 13.2 Å². The van der Waals surface area contributed by atoms with E-state index in [2.05, 4.69) is 0 Å². The summed E-state index contributed by atoms with van der Waals surface area (Å²) in [4.78, 5) is 12.0. The standard InChI is InChI=1S/C13H17NO3S/c1-18-10-4-2-9(3-5-10)13(7-17-8-13)11(14)6-12(15)16/h2-5,11H,6-8,14H2,1H3,(H,15,16). The third kappa shape index (κ3) is 2.39. The van der Waals surface area contributed by atoms with Crippen LogP contribution in [0.15, 0.2) is 29.2 Å².